The van der Waals surface area contributed by atoms with Gasteiger partial charge in [-0.1, -0.05) is 18.2 Å². The molecule has 0 rings (SSSR count). The first-order chi connectivity index (χ1) is 13.0. The maximum atomic E-state index is 11.5. The quantitative estimate of drug-likeness (QED) is 0.125. The van der Waals surface area contributed by atoms with E-state index in [1.54, 1.807) is 12.2 Å². The lowest BCUT2D eigenvalue weighted by molar-refractivity contribution is -0.139. The van der Waals surface area contributed by atoms with Crippen molar-refractivity contribution in [1.82, 2.24) is 10.6 Å². The minimum absolute atomic E-state index is 0.0256. The normalized spacial score (nSPS) is 12.5. The van der Waals surface area contributed by atoms with Crippen molar-refractivity contribution in [1.29, 1.82) is 0 Å². The molecule has 0 aromatic heterocycles. The minimum Gasteiger partial charge on any atom is -0.480 e. The predicted molar refractivity (Wildman–Crippen MR) is 103 cm³/mol. The Morgan fingerprint density at radius 1 is 1.11 bits per heavy atom. The molecule has 0 heterocycles. The molecule has 0 saturated heterocycles. The smallest absolute Gasteiger partial charge is 0.328 e. The molecule has 0 aromatic carbocycles. The van der Waals surface area contributed by atoms with Gasteiger partial charge in [0.2, 0.25) is 11.8 Å². The van der Waals surface area contributed by atoms with Crippen molar-refractivity contribution >= 4 is 42.4 Å². The number of thiol groups is 1. The third-order valence-electron chi connectivity index (χ3n) is 2.79. The molecule has 0 fully saturated rings. The monoisotopic (exact) mass is 419 g/mol. The van der Waals surface area contributed by atoms with Crippen molar-refractivity contribution in [2.45, 2.75) is 31.8 Å². The van der Waals surface area contributed by atoms with E-state index < -0.39 is 48.4 Å². The highest BCUT2D eigenvalue weighted by atomic mass is 32.1. The minimum atomic E-state index is -1.22. The zero-order chi connectivity index (χ0) is 22.1. The standard InChI is InChI=1S/C10H17N3O6S.C6H8O2/c11-5(10(18)19)1-2-7(14)13-6(4-20)9(17)12-3-8(15)16;1-2-3-4-5-6(7)8/h5-6,20H,1-4,11H2,(H,12,17)(H,13,14)(H,15,16)(H,18,19);2-5H,1H3,(H,7,8). The topological polar surface area (TPSA) is 196 Å². The summed E-state index contributed by atoms with van der Waals surface area (Å²) in [7, 11) is 0. The van der Waals surface area contributed by atoms with E-state index in [-0.39, 0.29) is 18.6 Å². The van der Waals surface area contributed by atoms with Gasteiger partial charge in [-0.2, -0.15) is 12.6 Å². The molecular formula is C16H25N3O8S. The summed E-state index contributed by atoms with van der Waals surface area (Å²) in [6.07, 6.45) is 5.75. The molecule has 7 N–H and O–H groups in total. The second-order valence-corrected chi connectivity index (χ2v) is 5.49. The Hall–Kier alpha value is -2.86. The summed E-state index contributed by atoms with van der Waals surface area (Å²) >= 11 is 3.87. The molecule has 158 valence electrons. The van der Waals surface area contributed by atoms with Crippen LogP contribution >= 0.6 is 12.6 Å². The van der Waals surface area contributed by atoms with E-state index in [0.717, 1.165) is 6.08 Å². The molecule has 2 amide bonds. The Balaban J connectivity index is 0. The molecular weight excluding hydrogens is 394 g/mol. The van der Waals surface area contributed by atoms with Crippen LogP contribution in [-0.2, 0) is 24.0 Å². The van der Waals surface area contributed by atoms with Crippen molar-refractivity contribution in [2.24, 2.45) is 5.73 Å². The predicted octanol–water partition coefficient (Wildman–Crippen LogP) is -1.00. The number of carboxylic acid groups (broad SMARTS) is 3. The van der Waals surface area contributed by atoms with E-state index in [9.17, 15) is 24.0 Å². The highest BCUT2D eigenvalue weighted by Gasteiger charge is 2.20. The average molecular weight is 419 g/mol. The summed E-state index contributed by atoms with van der Waals surface area (Å²) in [5, 5.41) is 29.4. The molecule has 0 saturated carbocycles. The summed E-state index contributed by atoms with van der Waals surface area (Å²) in [5.41, 5.74) is 5.23. The Bertz CT molecular complexity index is 607. The molecule has 11 nitrogen and oxygen atoms in total. The van der Waals surface area contributed by atoms with Gasteiger partial charge >= 0.3 is 17.9 Å². The van der Waals surface area contributed by atoms with Crippen LogP contribution in [0.4, 0.5) is 0 Å². The van der Waals surface area contributed by atoms with E-state index in [2.05, 4.69) is 23.3 Å². The first-order valence-corrected chi connectivity index (χ1v) is 8.58. The number of amides is 2. The molecule has 2 unspecified atom stereocenters. The fourth-order valence-corrected chi connectivity index (χ4v) is 1.66. The first kappa shape index (κ1) is 27.4. The van der Waals surface area contributed by atoms with E-state index in [1.807, 2.05) is 6.92 Å². The molecule has 0 spiro atoms. The van der Waals surface area contributed by atoms with Gasteiger partial charge in [0, 0.05) is 18.2 Å². The number of hydrogen-bond acceptors (Lipinski definition) is 7. The van der Waals surface area contributed by atoms with E-state index in [4.69, 9.17) is 21.1 Å². The third kappa shape index (κ3) is 16.6. The summed E-state index contributed by atoms with van der Waals surface area (Å²) in [6.45, 7) is 1.26. The van der Waals surface area contributed by atoms with Gasteiger partial charge in [-0.25, -0.2) is 4.79 Å². The zero-order valence-corrected chi connectivity index (χ0v) is 16.1. The van der Waals surface area contributed by atoms with Crippen LogP contribution in [0.2, 0.25) is 0 Å². The summed E-state index contributed by atoms with van der Waals surface area (Å²) in [4.78, 5) is 53.5. The van der Waals surface area contributed by atoms with Crippen LogP contribution in [0, 0.1) is 0 Å². The van der Waals surface area contributed by atoms with Crippen LogP contribution in [0.5, 0.6) is 0 Å². The number of rotatable bonds is 11. The van der Waals surface area contributed by atoms with Crippen molar-refractivity contribution in [2.75, 3.05) is 12.3 Å². The number of carbonyl (C=O) groups is 5. The maximum Gasteiger partial charge on any atom is 0.328 e. The number of nitrogens with one attached hydrogen (secondary N) is 2. The number of carbonyl (C=O) groups excluding carboxylic acids is 2. The highest BCUT2D eigenvalue weighted by Crippen LogP contribution is 1.97. The Morgan fingerprint density at radius 3 is 2.14 bits per heavy atom. The molecule has 28 heavy (non-hydrogen) atoms. The number of aliphatic carboxylic acids is 3. The van der Waals surface area contributed by atoms with Gasteiger partial charge in [-0.15, -0.1) is 0 Å². The van der Waals surface area contributed by atoms with E-state index in [1.165, 1.54) is 6.08 Å². The van der Waals surface area contributed by atoms with Crippen molar-refractivity contribution in [3.8, 4) is 0 Å². The van der Waals surface area contributed by atoms with Crippen LogP contribution in [0.15, 0.2) is 24.3 Å². The Kier molecular flexibility index (Phi) is 16.0. The number of nitrogens with two attached hydrogens (primary N) is 1. The third-order valence-corrected chi connectivity index (χ3v) is 3.16. The summed E-state index contributed by atoms with van der Waals surface area (Å²) in [6, 6.07) is -2.15. The SMILES string of the molecule is CC=CC=CC(=O)O.NC(CCC(=O)NC(CS)C(=O)NCC(=O)O)C(=O)O. The number of carboxylic acids is 3. The number of hydrogen-bond donors (Lipinski definition) is 7. The first-order valence-electron chi connectivity index (χ1n) is 7.95. The maximum absolute atomic E-state index is 11.5. The Labute approximate surface area is 167 Å². The van der Waals surface area contributed by atoms with Crippen LogP contribution in [0.3, 0.4) is 0 Å². The molecule has 0 radical (unpaired) electrons. The fourth-order valence-electron chi connectivity index (χ4n) is 1.41. The molecule has 2 atom stereocenters. The van der Waals surface area contributed by atoms with Gasteiger partial charge < -0.3 is 31.7 Å². The van der Waals surface area contributed by atoms with E-state index in [0.29, 0.717) is 0 Å². The second-order valence-electron chi connectivity index (χ2n) is 5.12. The van der Waals surface area contributed by atoms with Gasteiger partial charge in [0.25, 0.3) is 0 Å². The summed E-state index contributed by atoms with van der Waals surface area (Å²) < 4.78 is 0. The van der Waals surface area contributed by atoms with Gasteiger partial charge in [-0.3, -0.25) is 19.2 Å². The lowest BCUT2D eigenvalue weighted by Gasteiger charge is -2.16. The van der Waals surface area contributed by atoms with Crippen LogP contribution in [0.1, 0.15) is 19.8 Å². The largest absolute Gasteiger partial charge is 0.480 e. The molecule has 0 aliphatic carbocycles. The lowest BCUT2D eigenvalue weighted by Crippen LogP contribution is -2.49. The van der Waals surface area contributed by atoms with E-state index >= 15 is 0 Å². The van der Waals surface area contributed by atoms with Gasteiger partial charge in [0.15, 0.2) is 0 Å². The molecule has 0 aromatic rings. The van der Waals surface area contributed by atoms with Gasteiger partial charge in [0.05, 0.1) is 0 Å². The van der Waals surface area contributed by atoms with Crippen molar-refractivity contribution in [3.63, 3.8) is 0 Å². The lowest BCUT2D eigenvalue weighted by atomic mass is 10.1. The Morgan fingerprint density at radius 2 is 1.71 bits per heavy atom. The van der Waals surface area contributed by atoms with Crippen LogP contribution in [0.25, 0.3) is 0 Å². The van der Waals surface area contributed by atoms with Gasteiger partial charge in [0.1, 0.15) is 18.6 Å². The zero-order valence-electron chi connectivity index (χ0n) is 15.2. The van der Waals surface area contributed by atoms with Crippen molar-refractivity contribution in [3.05, 3.63) is 24.3 Å². The second kappa shape index (κ2) is 16.3. The average Bonchev–Trinajstić information content (AvgIpc) is 2.62. The molecule has 0 aliphatic rings. The number of allylic oxidation sites excluding steroid dienone is 3. The van der Waals surface area contributed by atoms with Crippen LogP contribution < -0.4 is 16.4 Å². The fraction of sp³-hybridized carbons (Fsp3) is 0.438. The molecule has 0 bridgehead atoms. The van der Waals surface area contributed by atoms with Gasteiger partial charge in [-0.05, 0) is 13.3 Å². The summed E-state index contributed by atoms with van der Waals surface area (Å²) in [5.74, 6) is -4.62. The highest BCUT2D eigenvalue weighted by molar-refractivity contribution is 7.80. The van der Waals surface area contributed by atoms with Crippen LogP contribution in [-0.4, -0.2) is 69.4 Å². The molecule has 12 heteroatoms. The molecule has 0 aliphatic heterocycles. The van der Waals surface area contributed by atoms with Crippen molar-refractivity contribution < 1.29 is 39.3 Å².